The van der Waals surface area contributed by atoms with E-state index >= 15 is 0 Å². The summed E-state index contributed by atoms with van der Waals surface area (Å²) in [5.41, 5.74) is 2.16. The van der Waals surface area contributed by atoms with Crippen LogP contribution in [0.5, 0.6) is 0 Å². The molecule has 0 aromatic heterocycles. The molecule has 120 valence electrons. The fraction of sp³-hybridized carbons (Fsp3) is 0.136. The van der Waals surface area contributed by atoms with Gasteiger partial charge in [-0.1, -0.05) is 91.0 Å². The molecule has 0 radical (unpaired) electrons. The molecule has 1 atom stereocenters. The number of rotatable bonds is 6. The molecular formula is C22H20O2. The maximum atomic E-state index is 11.4. The second kappa shape index (κ2) is 7.24. The molecule has 3 aromatic carbocycles. The first-order chi connectivity index (χ1) is 11.8. The first kappa shape index (κ1) is 16.2. The molecule has 0 aliphatic heterocycles. The fourth-order valence-electron chi connectivity index (χ4n) is 3.03. The van der Waals surface area contributed by atoms with Crippen LogP contribution in [-0.4, -0.2) is 12.4 Å². The first-order valence-corrected chi connectivity index (χ1v) is 8.07. The van der Waals surface area contributed by atoms with Crippen molar-refractivity contribution in [3.63, 3.8) is 0 Å². The zero-order chi connectivity index (χ0) is 16.8. The average Bonchev–Trinajstić information content (AvgIpc) is 2.68. The molecule has 0 fully saturated rings. The Morgan fingerprint density at radius 1 is 0.708 bits per heavy atom. The summed E-state index contributed by atoms with van der Waals surface area (Å²) in [4.78, 5) is 11.4. The minimum Gasteiger partial charge on any atom is -0.350 e. The summed E-state index contributed by atoms with van der Waals surface area (Å²) in [7, 11) is 0. The van der Waals surface area contributed by atoms with Gasteiger partial charge in [-0.15, -0.1) is 0 Å². The molecule has 0 saturated carbocycles. The Hall–Kier alpha value is -2.71. The molecule has 0 saturated heterocycles. The SMILES string of the molecule is C[C@@H](C=O)OC(c1ccccc1)(c1ccccc1)c1ccccc1. The largest absolute Gasteiger partial charge is 0.350 e. The highest BCUT2D eigenvalue weighted by Gasteiger charge is 2.38. The second-order valence-corrected chi connectivity index (χ2v) is 5.74. The summed E-state index contributed by atoms with van der Waals surface area (Å²) < 4.78 is 6.38. The van der Waals surface area contributed by atoms with Crippen molar-refractivity contribution in [3.8, 4) is 0 Å². The lowest BCUT2D eigenvalue weighted by Crippen LogP contribution is -2.36. The summed E-state index contributed by atoms with van der Waals surface area (Å²) in [5, 5.41) is 0. The zero-order valence-electron chi connectivity index (χ0n) is 13.6. The van der Waals surface area contributed by atoms with Gasteiger partial charge in [-0.3, -0.25) is 0 Å². The molecule has 24 heavy (non-hydrogen) atoms. The molecule has 0 aliphatic carbocycles. The molecule has 0 spiro atoms. The fourth-order valence-corrected chi connectivity index (χ4v) is 3.03. The molecule has 0 unspecified atom stereocenters. The smallest absolute Gasteiger partial charge is 0.148 e. The van der Waals surface area contributed by atoms with E-state index in [9.17, 15) is 4.79 Å². The summed E-state index contributed by atoms with van der Waals surface area (Å²) in [6, 6.07) is 30.1. The van der Waals surface area contributed by atoms with E-state index in [1.54, 1.807) is 6.92 Å². The van der Waals surface area contributed by atoms with E-state index in [1.807, 2.05) is 91.0 Å². The average molecular weight is 316 g/mol. The van der Waals surface area contributed by atoms with E-state index in [2.05, 4.69) is 0 Å². The highest BCUT2D eigenvalue weighted by atomic mass is 16.5. The molecule has 0 bridgehead atoms. The summed E-state index contributed by atoms with van der Waals surface area (Å²) >= 11 is 0. The Morgan fingerprint density at radius 3 is 1.33 bits per heavy atom. The minimum absolute atomic E-state index is 0.536. The monoisotopic (exact) mass is 316 g/mol. The zero-order valence-corrected chi connectivity index (χ0v) is 13.6. The van der Waals surface area contributed by atoms with Gasteiger partial charge in [-0.05, 0) is 23.6 Å². The number of hydrogen-bond donors (Lipinski definition) is 0. The van der Waals surface area contributed by atoms with Crippen molar-refractivity contribution in [1.29, 1.82) is 0 Å². The van der Waals surface area contributed by atoms with Gasteiger partial charge in [0.05, 0.1) is 0 Å². The van der Waals surface area contributed by atoms with Gasteiger partial charge < -0.3 is 9.53 Å². The molecule has 0 aliphatic rings. The van der Waals surface area contributed by atoms with Crippen LogP contribution in [0.4, 0.5) is 0 Å². The van der Waals surface area contributed by atoms with E-state index in [1.165, 1.54) is 0 Å². The molecule has 3 aromatic rings. The van der Waals surface area contributed by atoms with E-state index in [0.29, 0.717) is 0 Å². The number of hydrogen-bond acceptors (Lipinski definition) is 2. The van der Waals surface area contributed by atoms with E-state index < -0.39 is 11.7 Å². The van der Waals surface area contributed by atoms with Crippen molar-refractivity contribution in [2.24, 2.45) is 0 Å². The van der Waals surface area contributed by atoms with Crippen molar-refractivity contribution in [3.05, 3.63) is 108 Å². The Labute approximate surface area is 142 Å². The van der Waals surface area contributed by atoms with Crippen LogP contribution >= 0.6 is 0 Å². The Kier molecular flexibility index (Phi) is 4.88. The number of carbonyl (C=O) groups is 1. The van der Waals surface area contributed by atoms with Crippen molar-refractivity contribution in [2.45, 2.75) is 18.6 Å². The van der Waals surface area contributed by atoms with Crippen LogP contribution in [0.3, 0.4) is 0 Å². The van der Waals surface area contributed by atoms with E-state index in [-0.39, 0.29) is 0 Å². The molecule has 0 heterocycles. The van der Waals surface area contributed by atoms with Gasteiger partial charge in [0.15, 0.2) is 0 Å². The van der Waals surface area contributed by atoms with Gasteiger partial charge in [0.2, 0.25) is 0 Å². The molecular weight excluding hydrogens is 296 g/mol. The van der Waals surface area contributed by atoms with Gasteiger partial charge in [-0.2, -0.15) is 0 Å². The van der Waals surface area contributed by atoms with Crippen LogP contribution < -0.4 is 0 Å². The van der Waals surface area contributed by atoms with Crippen LogP contribution in [0.15, 0.2) is 91.0 Å². The minimum atomic E-state index is -0.829. The molecule has 3 rings (SSSR count). The maximum Gasteiger partial charge on any atom is 0.148 e. The van der Waals surface area contributed by atoms with Gasteiger partial charge in [-0.25, -0.2) is 0 Å². The van der Waals surface area contributed by atoms with Gasteiger partial charge in [0.1, 0.15) is 18.0 Å². The number of ether oxygens (including phenoxy) is 1. The van der Waals surface area contributed by atoms with Crippen molar-refractivity contribution < 1.29 is 9.53 Å². The van der Waals surface area contributed by atoms with Crippen LogP contribution in [-0.2, 0) is 15.1 Å². The van der Waals surface area contributed by atoms with Gasteiger partial charge >= 0.3 is 0 Å². The normalized spacial score (nSPS) is 12.5. The molecule has 2 nitrogen and oxygen atoms in total. The second-order valence-electron chi connectivity index (χ2n) is 5.74. The summed E-state index contributed by atoms with van der Waals surface area (Å²) in [6.07, 6.45) is 0.300. The number of aldehydes is 1. The van der Waals surface area contributed by atoms with Crippen molar-refractivity contribution >= 4 is 6.29 Å². The Bertz CT molecular complexity index is 670. The quantitative estimate of drug-likeness (QED) is 0.491. The molecule has 0 amide bonds. The Balaban J connectivity index is 2.30. The van der Waals surface area contributed by atoms with Crippen molar-refractivity contribution in [1.82, 2.24) is 0 Å². The van der Waals surface area contributed by atoms with Crippen LogP contribution in [0.1, 0.15) is 23.6 Å². The van der Waals surface area contributed by atoms with Crippen LogP contribution in [0.2, 0.25) is 0 Å². The third-order valence-electron chi connectivity index (χ3n) is 4.10. The predicted molar refractivity (Wildman–Crippen MR) is 95.8 cm³/mol. The topological polar surface area (TPSA) is 26.3 Å². The van der Waals surface area contributed by atoms with Crippen LogP contribution in [0.25, 0.3) is 0 Å². The third kappa shape index (κ3) is 3.01. The van der Waals surface area contributed by atoms with E-state index in [4.69, 9.17) is 4.74 Å². The summed E-state index contributed by atoms with van der Waals surface area (Å²) in [6.45, 7) is 1.77. The van der Waals surface area contributed by atoms with Crippen molar-refractivity contribution in [2.75, 3.05) is 0 Å². The lowest BCUT2D eigenvalue weighted by molar-refractivity contribution is -0.124. The maximum absolute atomic E-state index is 11.4. The molecule has 2 heteroatoms. The Morgan fingerprint density at radius 2 is 1.04 bits per heavy atom. The molecule has 0 N–H and O–H groups in total. The summed E-state index contributed by atoms with van der Waals surface area (Å²) in [5.74, 6) is 0. The van der Waals surface area contributed by atoms with Crippen LogP contribution in [0, 0.1) is 0 Å². The number of carbonyl (C=O) groups excluding carboxylic acids is 1. The van der Waals surface area contributed by atoms with Gasteiger partial charge in [0.25, 0.3) is 0 Å². The van der Waals surface area contributed by atoms with E-state index in [0.717, 1.165) is 23.0 Å². The number of benzene rings is 3. The standard InChI is InChI=1S/C22H20O2/c1-18(17-23)24-22(19-11-5-2-6-12-19,20-13-7-3-8-14-20)21-15-9-4-10-16-21/h2-18H,1H3/t18-/m0/s1. The first-order valence-electron chi connectivity index (χ1n) is 8.07. The lowest BCUT2D eigenvalue weighted by Gasteiger charge is -2.37. The van der Waals surface area contributed by atoms with Gasteiger partial charge in [0, 0.05) is 0 Å². The predicted octanol–water partition coefficient (Wildman–Crippen LogP) is 4.58. The highest BCUT2D eigenvalue weighted by molar-refractivity contribution is 5.56. The highest BCUT2D eigenvalue weighted by Crippen LogP contribution is 2.41. The third-order valence-corrected chi connectivity index (χ3v) is 4.10. The lowest BCUT2D eigenvalue weighted by atomic mass is 9.80.